The first-order valence-electron chi connectivity index (χ1n) is 5.48. The number of anilines is 1. The highest BCUT2D eigenvalue weighted by Gasteiger charge is 2.05. The number of hydrogen-bond acceptors (Lipinski definition) is 5. The largest absolute Gasteiger partial charge is 0.478 e. The van der Waals surface area contributed by atoms with E-state index in [0.29, 0.717) is 18.5 Å². The van der Waals surface area contributed by atoms with Crippen LogP contribution in [-0.4, -0.2) is 48.2 Å². The molecule has 0 aliphatic carbocycles. The molecule has 0 aliphatic heterocycles. The molecule has 16 heavy (non-hydrogen) atoms. The van der Waals surface area contributed by atoms with E-state index in [1.54, 1.807) is 0 Å². The van der Waals surface area contributed by atoms with Gasteiger partial charge in [-0.15, -0.1) is 0 Å². The van der Waals surface area contributed by atoms with Crippen molar-refractivity contribution < 1.29 is 4.74 Å². The third kappa shape index (κ3) is 4.02. The first-order valence-corrected chi connectivity index (χ1v) is 5.48. The molecule has 5 heteroatoms. The minimum Gasteiger partial charge on any atom is -0.478 e. The quantitative estimate of drug-likeness (QED) is 0.787. The molecule has 90 valence electrons. The standard InChI is InChI=1S/C11H20N4O/c1-5-16-11-6-10(13-8-14-11)12-7-9(2)15(3)4/h6,8-9H,5,7H2,1-4H3,(H,12,13,14). The molecule has 0 fully saturated rings. The van der Waals surface area contributed by atoms with Crippen LogP contribution in [0.4, 0.5) is 5.82 Å². The first kappa shape index (κ1) is 12.7. The van der Waals surface area contributed by atoms with Gasteiger partial charge in [-0.1, -0.05) is 0 Å². The molecule has 0 bridgehead atoms. The number of ether oxygens (including phenoxy) is 1. The van der Waals surface area contributed by atoms with Crippen molar-refractivity contribution in [1.82, 2.24) is 14.9 Å². The van der Waals surface area contributed by atoms with Gasteiger partial charge in [0, 0.05) is 18.7 Å². The summed E-state index contributed by atoms with van der Waals surface area (Å²) in [5.41, 5.74) is 0. The Labute approximate surface area is 96.8 Å². The van der Waals surface area contributed by atoms with Crippen molar-refractivity contribution in [2.24, 2.45) is 0 Å². The number of hydrogen-bond donors (Lipinski definition) is 1. The van der Waals surface area contributed by atoms with Crippen LogP contribution in [-0.2, 0) is 0 Å². The summed E-state index contributed by atoms with van der Waals surface area (Å²) in [6.07, 6.45) is 1.51. The van der Waals surface area contributed by atoms with E-state index < -0.39 is 0 Å². The van der Waals surface area contributed by atoms with Gasteiger partial charge in [0.25, 0.3) is 0 Å². The van der Waals surface area contributed by atoms with E-state index >= 15 is 0 Å². The van der Waals surface area contributed by atoms with Gasteiger partial charge in [0.05, 0.1) is 6.61 Å². The fourth-order valence-electron chi connectivity index (χ4n) is 1.10. The lowest BCUT2D eigenvalue weighted by atomic mass is 10.3. The van der Waals surface area contributed by atoms with Crippen LogP contribution >= 0.6 is 0 Å². The lowest BCUT2D eigenvalue weighted by Crippen LogP contribution is -2.31. The fraction of sp³-hybridized carbons (Fsp3) is 0.636. The van der Waals surface area contributed by atoms with Crippen molar-refractivity contribution in [3.8, 4) is 5.88 Å². The summed E-state index contributed by atoms with van der Waals surface area (Å²) in [4.78, 5) is 10.3. The molecule has 1 aromatic heterocycles. The van der Waals surface area contributed by atoms with Crippen LogP contribution in [0.15, 0.2) is 12.4 Å². The normalized spacial score (nSPS) is 12.6. The van der Waals surface area contributed by atoms with Gasteiger partial charge in [0.2, 0.25) is 5.88 Å². The molecule has 1 heterocycles. The molecule has 1 N–H and O–H groups in total. The highest BCUT2D eigenvalue weighted by Crippen LogP contribution is 2.10. The summed E-state index contributed by atoms with van der Waals surface area (Å²) in [6, 6.07) is 2.26. The molecule has 0 saturated heterocycles. The predicted molar refractivity (Wildman–Crippen MR) is 64.8 cm³/mol. The van der Waals surface area contributed by atoms with E-state index in [-0.39, 0.29) is 0 Å². The molecule has 1 rings (SSSR count). The van der Waals surface area contributed by atoms with Crippen molar-refractivity contribution in [1.29, 1.82) is 0 Å². The van der Waals surface area contributed by atoms with Gasteiger partial charge in [-0.3, -0.25) is 0 Å². The van der Waals surface area contributed by atoms with Crippen LogP contribution < -0.4 is 10.1 Å². The molecule has 1 atom stereocenters. The predicted octanol–water partition coefficient (Wildman–Crippen LogP) is 1.24. The summed E-state index contributed by atoms with van der Waals surface area (Å²) in [5.74, 6) is 1.41. The average molecular weight is 224 g/mol. The maximum absolute atomic E-state index is 5.30. The summed E-state index contributed by atoms with van der Waals surface area (Å²) in [7, 11) is 4.11. The zero-order valence-corrected chi connectivity index (χ0v) is 10.4. The summed E-state index contributed by atoms with van der Waals surface area (Å²) < 4.78 is 5.30. The smallest absolute Gasteiger partial charge is 0.218 e. The van der Waals surface area contributed by atoms with Crippen LogP contribution in [0.2, 0.25) is 0 Å². The Kier molecular flexibility index (Phi) is 4.98. The highest BCUT2D eigenvalue weighted by atomic mass is 16.5. The van der Waals surface area contributed by atoms with Crippen LogP contribution in [0.25, 0.3) is 0 Å². The molecule has 0 amide bonds. The van der Waals surface area contributed by atoms with Gasteiger partial charge in [-0.25, -0.2) is 9.97 Å². The summed E-state index contributed by atoms with van der Waals surface area (Å²) >= 11 is 0. The van der Waals surface area contributed by atoms with Gasteiger partial charge in [0.15, 0.2) is 0 Å². The fourth-order valence-corrected chi connectivity index (χ4v) is 1.10. The monoisotopic (exact) mass is 224 g/mol. The summed E-state index contributed by atoms with van der Waals surface area (Å²) in [5, 5.41) is 3.25. The maximum atomic E-state index is 5.30. The third-order valence-electron chi connectivity index (χ3n) is 2.39. The van der Waals surface area contributed by atoms with Crippen LogP contribution in [0.3, 0.4) is 0 Å². The van der Waals surface area contributed by atoms with Gasteiger partial charge < -0.3 is 15.0 Å². The van der Waals surface area contributed by atoms with E-state index in [1.165, 1.54) is 6.33 Å². The Morgan fingerprint density at radius 3 is 2.81 bits per heavy atom. The average Bonchev–Trinajstić information content (AvgIpc) is 2.26. The first-order chi connectivity index (χ1) is 7.63. The zero-order valence-electron chi connectivity index (χ0n) is 10.4. The highest BCUT2D eigenvalue weighted by molar-refractivity contribution is 5.37. The molecule has 0 aliphatic rings. The van der Waals surface area contributed by atoms with Crippen molar-refractivity contribution in [3.05, 3.63) is 12.4 Å². The molecule has 5 nitrogen and oxygen atoms in total. The van der Waals surface area contributed by atoms with E-state index in [1.807, 2.05) is 13.0 Å². The molecular weight excluding hydrogens is 204 g/mol. The number of rotatable bonds is 6. The number of nitrogens with one attached hydrogen (secondary N) is 1. The van der Waals surface area contributed by atoms with Crippen molar-refractivity contribution >= 4 is 5.82 Å². The minimum absolute atomic E-state index is 0.450. The maximum Gasteiger partial charge on any atom is 0.218 e. The lowest BCUT2D eigenvalue weighted by Gasteiger charge is -2.20. The molecule has 1 aromatic rings. The van der Waals surface area contributed by atoms with Crippen LogP contribution in [0.1, 0.15) is 13.8 Å². The van der Waals surface area contributed by atoms with Crippen LogP contribution in [0.5, 0.6) is 5.88 Å². The van der Waals surface area contributed by atoms with E-state index in [9.17, 15) is 0 Å². The lowest BCUT2D eigenvalue weighted by molar-refractivity contribution is 0.323. The number of likely N-dealkylation sites (N-methyl/N-ethyl adjacent to an activating group) is 1. The Morgan fingerprint density at radius 1 is 1.44 bits per heavy atom. The minimum atomic E-state index is 0.450. The zero-order chi connectivity index (χ0) is 12.0. The Bertz CT molecular complexity index is 317. The number of aromatic nitrogens is 2. The van der Waals surface area contributed by atoms with E-state index in [4.69, 9.17) is 4.74 Å². The second-order valence-electron chi connectivity index (χ2n) is 3.87. The topological polar surface area (TPSA) is 50.3 Å². The van der Waals surface area contributed by atoms with Crippen molar-refractivity contribution in [2.45, 2.75) is 19.9 Å². The van der Waals surface area contributed by atoms with Crippen molar-refractivity contribution in [2.75, 3.05) is 32.6 Å². The summed E-state index contributed by atoms with van der Waals surface area (Å²) in [6.45, 7) is 5.54. The molecular formula is C11H20N4O. The Morgan fingerprint density at radius 2 is 2.19 bits per heavy atom. The SMILES string of the molecule is CCOc1cc(NCC(C)N(C)C)ncn1. The van der Waals surface area contributed by atoms with Gasteiger partial charge >= 0.3 is 0 Å². The van der Waals surface area contributed by atoms with Gasteiger partial charge in [-0.2, -0.15) is 0 Å². The second-order valence-corrected chi connectivity index (χ2v) is 3.87. The number of nitrogens with zero attached hydrogens (tertiary/aromatic N) is 3. The Hall–Kier alpha value is -1.36. The van der Waals surface area contributed by atoms with Crippen molar-refractivity contribution in [3.63, 3.8) is 0 Å². The molecule has 0 spiro atoms. The van der Waals surface area contributed by atoms with Crippen LogP contribution in [0, 0.1) is 0 Å². The molecule has 0 saturated carbocycles. The van der Waals surface area contributed by atoms with E-state index in [0.717, 1.165) is 12.4 Å². The van der Waals surface area contributed by atoms with Gasteiger partial charge in [-0.05, 0) is 27.9 Å². The second kappa shape index (κ2) is 6.27. The van der Waals surface area contributed by atoms with E-state index in [2.05, 4.69) is 41.2 Å². The molecule has 0 aromatic carbocycles. The third-order valence-corrected chi connectivity index (χ3v) is 2.39. The molecule has 0 radical (unpaired) electrons. The van der Waals surface area contributed by atoms with Gasteiger partial charge in [0.1, 0.15) is 12.1 Å². The Balaban J connectivity index is 2.50. The molecule has 1 unspecified atom stereocenters.